The van der Waals surface area contributed by atoms with Crippen LogP contribution in [0.3, 0.4) is 0 Å². The predicted molar refractivity (Wildman–Crippen MR) is 66.1 cm³/mol. The molecule has 17 heavy (non-hydrogen) atoms. The normalized spacial score (nSPS) is 27.2. The van der Waals surface area contributed by atoms with Crippen molar-refractivity contribution in [2.75, 3.05) is 32.9 Å². The van der Waals surface area contributed by atoms with Gasteiger partial charge in [-0.05, 0) is 27.9 Å². The van der Waals surface area contributed by atoms with Gasteiger partial charge in [0.2, 0.25) is 15.9 Å². The highest BCUT2D eigenvalue weighted by atomic mass is 32.2. The summed E-state index contributed by atoms with van der Waals surface area (Å²) >= 11 is 0. The quantitative estimate of drug-likeness (QED) is 0.715. The maximum atomic E-state index is 11.9. The molecule has 0 radical (unpaired) electrons. The summed E-state index contributed by atoms with van der Waals surface area (Å²) in [6, 6.07) is 0.500. The van der Waals surface area contributed by atoms with Gasteiger partial charge in [0.25, 0.3) is 0 Å². The highest BCUT2D eigenvalue weighted by molar-refractivity contribution is 7.90. The lowest BCUT2D eigenvalue weighted by atomic mass is 10.1. The molecule has 2 atom stereocenters. The minimum Gasteiger partial charge on any atom is -0.339 e. The molecule has 1 N–H and O–H groups in total. The van der Waals surface area contributed by atoms with Crippen molar-refractivity contribution in [2.45, 2.75) is 25.9 Å². The standard InChI is InChI=1S/C10H21N3O3S/c1-8-5-13(6-9(2)12(8)4)10(14)7-17(15,16)11-3/h8-9,11H,5-7H2,1-4H3/t8-,9+. The Balaban J connectivity index is 2.66. The Morgan fingerprint density at radius 1 is 1.29 bits per heavy atom. The third kappa shape index (κ3) is 3.65. The number of piperazine rings is 1. The molecule has 0 aliphatic carbocycles. The fraction of sp³-hybridized carbons (Fsp3) is 0.900. The first-order valence-corrected chi connectivity index (χ1v) is 7.33. The van der Waals surface area contributed by atoms with Gasteiger partial charge in [0.1, 0.15) is 5.75 Å². The molecule has 1 aliphatic rings. The molecular formula is C10H21N3O3S. The predicted octanol–water partition coefficient (Wildman–Crippen LogP) is -0.913. The Labute approximate surface area is 103 Å². The monoisotopic (exact) mass is 263 g/mol. The van der Waals surface area contributed by atoms with E-state index in [4.69, 9.17) is 0 Å². The zero-order valence-corrected chi connectivity index (χ0v) is 11.6. The lowest BCUT2D eigenvalue weighted by Gasteiger charge is -2.42. The molecule has 0 aromatic carbocycles. The number of carbonyl (C=O) groups excluding carboxylic acids is 1. The summed E-state index contributed by atoms with van der Waals surface area (Å²) in [5, 5.41) is 0. The van der Waals surface area contributed by atoms with Gasteiger partial charge in [-0.2, -0.15) is 0 Å². The van der Waals surface area contributed by atoms with Crippen molar-refractivity contribution in [3.8, 4) is 0 Å². The van der Waals surface area contributed by atoms with Gasteiger partial charge in [-0.15, -0.1) is 0 Å². The lowest BCUT2D eigenvalue weighted by molar-refractivity contribution is -0.132. The van der Waals surface area contributed by atoms with Crippen LogP contribution < -0.4 is 4.72 Å². The minimum absolute atomic E-state index is 0.250. The summed E-state index contributed by atoms with van der Waals surface area (Å²) < 4.78 is 24.8. The van der Waals surface area contributed by atoms with Crippen LogP contribution in [0, 0.1) is 0 Å². The molecule has 100 valence electrons. The van der Waals surface area contributed by atoms with Gasteiger partial charge in [-0.3, -0.25) is 9.69 Å². The third-order valence-electron chi connectivity index (χ3n) is 3.34. The molecule has 1 amide bonds. The average Bonchev–Trinajstić information content (AvgIpc) is 2.24. The number of amides is 1. The van der Waals surface area contributed by atoms with E-state index in [1.807, 2.05) is 20.9 Å². The van der Waals surface area contributed by atoms with Crippen molar-refractivity contribution in [3.05, 3.63) is 0 Å². The first-order valence-electron chi connectivity index (χ1n) is 5.67. The molecule has 6 nitrogen and oxygen atoms in total. The van der Waals surface area contributed by atoms with Crippen molar-refractivity contribution in [2.24, 2.45) is 0 Å². The van der Waals surface area contributed by atoms with E-state index < -0.39 is 15.8 Å². The van der Waals surface area contributed by atoms with Crippen LogP contribution in [0.1, 0.15) is 13.8 Å². The van der Waals surface area contributed by atoms with Crippen molar-refractivity contribution < 1.29 is 13.2 Å². The van der Waals surface area contributed by atoms with Crippen LogP contribution in [0.2, 0.25) is 0 Å². The number of sulfonamides is 1. The first-order chi connectivity index (χ1) is 7.76. The zero-order valence-electron chi connectivity index (χ0n) is 10.8. The van der Waals surface area contributed by atoms with Gasteiger partial charge >= 0.3 is 0 Å². The van der Waals surface area contributed by atoms with Gasteiger partial charge in [0.15, 0.2) is 0 Å². The number of nitrogens with zero attached hydrogens (tertiary/aromatic N) is 2. The summed E-state index contributed by atoms with van der Waals surface area (Å²) in [7, 11) is -0.139. The van der Waals surface area contributed by atoms with Gasteiger partial charge in [-0.25, -0.2) is 13.1 Å². The molecule has 1 saturated heterocycles. The van der Waals surface area contributed by atoms with E-state index in [1.165, 1.54) is 7.05 Å². The third-order valence-corrected chi connectivity index (χ3v) is 4.59. The fourth-order valence-corrected chi connectivity index (χ4v) is 2.59. The highest BCUT2D eigenvalue weighted by Crippen LogP contribution is 2.13. The maximum Gasteiger partial charge on any atom is 0.239 e. The maximum absolute atomic E-state index is 11.9. The minimum atomic E-state index is -3.47. The molecule has 0 saturated carbocycles. The van der Waals surface area contributed by atoms with Crippen LogP contribution >= 0.6 is 0 Å². The fourth-order valence-electron chi connectivity index (χ4n) is 1.93. The van der Waals surface area contributed by atoms with E-state index in [1.54, 1.807) is 4.90 Å². The van der Waals surface area contributed by atoms with E-state index in [0.717, 1.165) is 0 Å². The molecule has 1 heterocycles. The molecule has 1 fully saturated rings. The molecule has 7 heteroatoms. The van der Waals surface area contributed by atoms with Crippen LogP contribution in [0.25, 0.3) is 0 Å². The van der Waals surface area contributed by atoms with E-state index in [0.29, 0.717) is 13.1 Å². The summed E-state index contributed by atoms with van der Waals surface area (Å²) in [6.45, 7) is 5.23. The zero-order chi connectivity index (χ0) is 13.2. The summed E-state index contributed by atoms with van der Waals surface area (Å²) in [5.74, 6) is -0.793. The topological polar surface area (TPSA) is 69.7 Å². The van der Waals surface area contributed by atoms with Crippen molar-refractivity contribution in [1.29, 1.82) is 0 Å². The van der Waals surface area contributed by atoms with Crippen molar-refractivity contribution in [1.82, 2.24) is 14.5 Å². The Kier molecular flexibility index (Phi) is 4.51. The lowest BCUT2D eigenvalue weighted by Crippen LogP contribution is -2.57. The van der Waals surface area contributed by atoms with Gasteiger partial charge < -0.3 is 4.90 Å². The summed E-state index contributed by atoms with van der Waals surface area (Å²) in [6.07, 6.45) is 0. The molecule has 0 aromatic rings. The van der Waals surface area contributed by atoms with E-state index in [-0.39, 0.29) is 18.0 Å². The summed E-state index contributed by atoms with van der Waals surface area (Å²) in [5.41, 5.74) is 0. The second-order valence-electron chi connectivity index (χ2n) is 4.63. The van der Waals surface area contributed by atoms with Gasteiger partial charge in [0, 0.05) is 25.2 Å². The number of likely N-dealkylation sites (N-methyl/N-ethyl adjacent to an activating group) is 1. The van der Waals surface area contributed by atoms with Crippen molar-refractivity contribution in [3.63, 3.8) is 0 Å². The largest absolute Gasteiger partial charge is 0.339 e. The molecule has 1 aliphatic heterocycles. The van der Waals surface area contributed by atoms with Crippen LogP contribution in [0.15, 0.2) is 0 Å². The number of carbonyl (C=O) groups is 1. The Morgan fingerprint density at radius 3 is 2.18 bits per heavy atom. The van der Waals surface area contributed by atoms with Gasteiger partial charge in [-0.1, -0.05) is 0 Å². The highest BCUT2D eigenvalue weighted by Gasteiger charge is 2.30. The number of hydrogen-bond donors (Lipinski definition) is 1. The van der Waals surface area contributed by atoms with Crippen LogP contribution in [0.5, 0.6) is 0 Å². The van der Waals surface area contributed by atoms with E-state index in [2.05, 4.69) is 9.62 Å². The molecule has 0 spiro atoms. The van der Waals surface area contributed by atoms with Crippen molar-refractivity contribution >= 4 is 15.9 Å². The average molecular weight is 263 g/mol. The SMILES string of the molecule is CNS(=O)(=O)CC(=O)N1C[C@@H](C)N(C)[C@@H](C)C1. The smallest absolute Gasteiger partial charge is 0.239 e. The first kappa shape index (κ1) is 14.4. The van der Waals surface area contributed by atoms with E-state index in [9.17, 15) is 13.2 Å². The van der Waals surface area contributed by atoms with Crippen LogP contribution in [-0.2, 0) is 14.8 Å². The number of rotatable bonds is 3. The molecular weight excluding hydrogens is 242 g/mol. The number of nitrogens with one attached hydrogen (secondary N) is 1. The Bertz CT molecular complexity index is 370. The molecule has 1 rings (SSSR count). The second-order valence-corrected chi connectivity index (χ2v) is 6.55. The van der Waals surface area contributed by atoms with E-state index >= 15 is 0 Å². The molecule has 0 unspecified atom stereocenters. The number of hydrogen-bond acceptors (Lipinski definition) is 4. The Hall–Kier alpha value is -0.660. The van der Waals surface area contributed by atoms with Crippen LogP contribution in [0.4, 0.5) is 0 Å². The summed E-state index contributed by atoms with van der Waals surface area (Å²) in [4.78, 5) is 15.7. The molecule has 0 bridgehead atoms. The Morgan fingerprint density at radius 2 is 1.76 bits per heavy atom. The van der Waals surface area contributed by atoms with Gasteiger partial charge in [0.05, 0.1) is 0 Å². The van der Waals surface area contributed by atoms with Crippen LogP contribution in [-0.4, -0.2) is 69.1 Å². The second kappa shape index (κ2) is 5.32. The molecule has 0 aromatic heterocycles.